The van der Waals surface area contributed by atoms with Gasteiger partial charge in [0.1, 0.15) is 0 Å². The predicted octanol–water partition coefficient (Wildman–Crippen LogP) is 5.17. The van der Waals surface area contributed by atoms with E-state index >= 15 is 0 Å². The van der Waals surface area contributed by atoms with E-state index in [0.717, 1.165) is 23.4 Å². The van der Waals surface area contributed by atoms with Gasteiger partial charge in [0.25, 0.3) is 0 Å². The summed E-state index contributed by atoms with van der Waals surface area (Å²) in [6.45, 7) is 2.96. The van der Waals surface area contributed by atoms with Crippen LogP contribution in [0.15, 0.2) is 30.3 Å². The molecule has 1 heterocycles. The zero-order valence-electron chi connectivity index (χ0n) is 11.9. The zero-order chi connectivity index (χ0) is 14.2. The van der Waals surface area contributed by atoms with Gasteiger partial charge < -0.3 is 5.32 Å². The van der Waals surface area contributed by atoms with Crippen molar-refractivity contribution in [1.29, 1.82) is 0 Å². The molecule has 0 aliphatic rings. The van der Waals surface area contributed by atoms with Crippen molar-refractivity contribution in [3.05, 3.63) is 46.5 Å². The summed E-state index contributed by atoms with van der Waals surface area (Å²) in [5.74, 6) is 0. The van der Waals surface area contributed by atoms with Gasteiger partial charge in [-0.15, -0.1) is 11.3 Å². The summed E-state index contributed by atoms with van der Waals surface area (Å²) in [5, 5.41) is 5.58. The van der Waals surface area contributed by atoms with Crippen molar-refractivity contribution in [2.75, 3.05) is 10.6 Å². The average molecular weight is 353 g/mol. The molecule has 0 unspecified atom stereocenters. The fraction of sp³-hybridized carbons (Fsp3) is 0.438. The first-order valence-corrected chi connectivity index (χ1v) is 9.03. The van der Waals surface area contributed by atoms with Crippen molar-refractivity contribution in [2.24, 2.45) is 0 Å². The van der Waals surface area contributed by atoms with Gasteiger partial charge >= 0.3 is 0 Å². The maximum Gasteiger partial charge on any atom is 0.183 e. The lowest BCUT2D eigenvalue weighted by Crippen LogP contribution is -1.98. The molecule has 2 rings (SSSR count). The smallest absolute Gasteiger partial charge is 0.183 e. The molecule has 0 atom stereocenters. The largest absolute Gasteiger partial charge is 0.357 e. The highest BCUT2D eigenvalue weighted by atomic mass is 79.9. The summed E-state index contributed by atoms with van der Waals surface area (Å²) in [6, 6.07) is 10.4. The van der Waals surface area contributed by atoms with Crippen LogP contribution in [-0.4, -0.2) is 10.3 Å². The van der Waals surface area contributed by atoms with E-state index in [1.807, 2.05) is 6.07 Å². The third-order valence-corrected chi connectivity index (χ3v) is 4.95. The van der Waals surface area contributed by atoms with Crippen molar-refractivity contribution >= 4 is 32.4 Å². The molecule has 0 amide bonds. The number of benzene rings is 1. The minimum Gasteiger partial charge on any atom is -0.357 e. The van der Waals surface area contributed by atoms with Gasteiger partial charge in [0.05, 0.1) is 5.69 Å². The van der Waals surface area contributed by atoms with Crippen LogP contribution in [0.4, 0.5) is 5.13 Å². The number of unbranched alkanes of at least 4 members (excludes halogenated alkanes) is 2. The highest BCUT2D eigenvalue weighted by molar-refractivity contribution is 9.09. The normalized spacial score (nSPS) is 10.7. The van der Waals surface area contributed by atoms with E-state index < -0.39 is 0 Å². The maximum absolute atomic E-state index is 4.62. The monoisotopic (exact) mass is 352 g/mol. The first-order valence-electron chi connectivity index (χ1n) is 7.09. The van der Waals surface area contributed by atoms with E-state index in [0.29, 0.717) is 0 Å². The first kappa shape index (κ1) is 15.5. The molecule has 0 fully saturated rings. The van der Waals surface area contributed by atoms with Crippen LogP contribution in [0.2, 0.25) is 0 Å². The SMILES string of the molecule is Cc1nc(NCc2ccccc2)sc1CCCCCBr. The number of aryl methyl sites for hydroxylation is 2. The highest BCUT2D eigenvalue weighted by Crippen LogP contribution is 2.25. The van der Waals surface area contributed by atoms with Gasteiger partial charge in [-0.2, -0.15) is 0 Å². The molecule has 0 bridgehead atoms. The molecular formula is C16H21BrN2S. The second-order valence-electron chi connectivity index (χ2n) is 4.87. The molecule has 1 N–H and O–H groups in total. The van der Waals surface area contributed by atoms with Gasteiger partial charge in [-0.25, -0.2) is 4.98 Å². The van der Waals surface area contributed by atoms with Crippen molar-refractivity contribution in [3.63, 3.8) is 0 Å². The van der Waals surface area contributed by atoms with Crippen LogP contribution in [0.5, 0.6) is 0 Å². The van der Waals surface area contributed by atoms with E-state index in [9.17, 15) is 0 Å². The number of hydrogen-bond acceptors (Lipinski definition) is 3. The molecule has 0 saturated carbocycles. The molecule has 0 saturated heterocycles. The fourth-order valence-electron chi connectivity index (χ4n) is 2.07. The highest BCUT2D eigenvalue weighted by Gasteiger charge is 2.07. The number of aromatic nitrogens is 1. The third kappa shape index (κ3) is 4.91. The number of anilines is 1. The molecule has 0 aliphatic carbocycles. The summed E-state index contributed by atoms with van der Waals surface area (Å²) in [4.78, 5) is 6.05. The van der Waals surface area contributed by atoms with E-state index in [-0.39, 0.29) is 0 Å². The second kappa shape index (κ2) is 8.42. The molecule has 1 aromatic carbocycles. The van der Waals surface area contributed by atoms with Crippen LogP contribution >= 0.6 is 27.3 Å². The number of rotatable bonds is 8. The molecule has 0 aliphatic heterocycles. The summed E-state index contributed by atoms with van der Waals surface area (Å²) in [5.41, 5.74) is 2.48. The first-order chi connectivity index (χ1) is 9.79. The Balaban J connectivity index is 1.84. The summed E-state index contributed by atoms with van der Waals surface area (Å²) in [7, 11) is 0. The van der Waals surface area contributed by atoms with Crippen molar-refractivity contribution in [2.45, 2.75) is 39.2 Å². The second-order valence-corrected chi connectivity index (χ2v) is 6.74. The lowest BCUT2D eigenvalue weighted by Gasteiger charge is -2.01. The Bertz CT molecular complexity index is 510. The quantitative estimate of drug-likeness (QED) is 0.523. The Hall–Kier alpha value is -0.870. The topological polar surface area (TPSA) is 24.9 Å². The molecule has 4 heteroatoms. The number of hydrogen-bond donors (Lipinski definition) is 1. The van der Waals surface area contributed by atoms with Gasteiger partial charge in [-0.1, -0.05) is 52.7 Å². The molecule has 0 spiro atoms. The minimum atomic E-state index is 0.844. The lowest BCUT2D eigenvalue weighted by molar-refractivity contribution is 0.727. The Labute approximate surface area is 133 Å². The number of nitrogens with zero attached hydrogens (tertiary/aromatic N) is 1. The molecule has 108 valence electrons. The number of halogens is 1. The van der Waals surface area contributed by atoms with Gasteiger partial charge in [0.15, 0.2) is 5.13 Å². The minimum absolute atomic E-state index is 0.844. The third-order valence-electron chi connectivity index (χ3n) is 3.22. The van der Waals surface area contributed by atoms with Gasteiger partial charge in [-0.3, -0.25) is 0 Å². The van der Waals surface area contributed by atoms with Gasteiger partial charge in [0, 0.05) is 16.8 Å². The summed E-state index contributed by atoms with van der Waals surface area (Å²) in [6.07, 6.45) is 4.96. The number of nitrogens with one attached hydrogen (secondary N) is 1. The lowest BCUT2D eigenvalue weighted by atomic mass is 10.2. The van der Waals surface area contributed by atoms with Crippen LogP contribution < -0.4 is 5.32 Å². The van der Waals surface area contributed by atoms with Crippen molar-refractivity contribution in [1.82, 2.24) is 4.98 Å². The van der Waals surface area contributed by atoms with E-state index in [1.165, 1.54) is 35.4 Å². The Morgan fingerprint density at radius 1 is 1.15 bits per heavy atom. The van der Waals surface area contributed by atoms with E-state index in [2.05, 4.69) is 57.4 Å². The van der Waals surface area contributed by atoms with E-state index in [1.54, 1.807) is 11.3 Å². The Kier molecular flexibility index (Phi) is 6.54. The number of alkyl halides is 1. The van der Waals surface area contributed by atoms with Crippen LogP contribution in [-0.2, 0) is 13.0 Å². The molecule has 1 aromatic heterocycles. The molecule has 20 heavy (non-hydrogen) atoms. The van der Waals surface area contributed by atoms with Crippen molar-refractivity contribution < 1.29 is 0 Å². The average Bonchev–Trinajstić information content (AvgIpc) is 2.83. The van der Waals surface area contributed by atoms with E-state index in [4.69, 9.17) is 0 Å². The fourth-order valence-corrected chi connectivity index (χ4v) is 3.46. The maximum atomic E-state index is 4.62. The summed E-state index contributed by atoms with van der Waals surface area (Å²) < 4.78 is 0. The van der Waals surface area contributed by atoms with Crippen molar-refractivity contribution in [3.8, 4) is 0 Å². The summed E-state index contributed by atoms with van der Waals surface area (Å²) >= 11 is 5.28. The van der Waals surface area contributed by atoms with Crippen LogP contribution in [0.1, 0.15) is 35.4 Å². The van der Waals surface area contributed by atoms with Crippen LogP contribution in [0.3, 0.4) is 0 Å². The molecule has 2 aromatic rings. The van der Waals surface area contributed by atoms with Gasteiger partial charge in [-0.05, 0) is 31.7 Å². The molecular weight excluding hydrogens is 332 g/mol. The molecule has 2 nitrogen and oxygen atoms in total. The van der Waals surface area contributed by atoms with Crippen LogP contribution in [0, 0.1) is 6.92 Å². The zero-order valence-corrected chi connectivity index (χ0v) is 14.3. The Morgan fingerprint density at radius 3 is 2.70 bits per heavy atom. The van der Waals surface area contributed by atoms with Gasteiger partial charge in [0.2, 0.25) is 0 Å². The standard InChI is InChI=1S/C16H21BrN2S/c1-13-15(10-6-3-7-11-17)20-16(19-13)18-12-14-8-4-2-5-9-14/h2,4-5,8-9H,3,6-7,10-12H2,1H3,(H,18,19). The predicted molar refractivity (Wildman–Crippen MR) is 92.0 cm³/mol. The van der Waals surface area contributed by atoms with Crippen LogP contribution in [0.25, 0.3) is 0 Å². The number of thiazole rings is 1. The Morgan fingerprint density at radius 2 is 1.95 bits per heavy atom. The molecule has 0 radical (unpaired) electrons.